The van der Waals surface area contributed by atoms with Gasteiger partial charge in [-0.2, -0.15) is 0 Å². The maximum Gasteiger partial charge on any atom is 0.219 e. The first-order valence-corrected chi connectivity index (χ1v) is 8.16. The van der Waals surface area contributed by atoms with Gasteiger partial charge < -0.3 is 10.1 Å². The predicted octanol–water partition coefficient (Wildman–Crippen LogP) is 4.04. The number of fused-ring (bicyclic) bond motifs is 1. The van der Waals surface area contributed by atoms with Crippen molar-refractivity contribution in [1.29, 1.82) is 0 Å². The SMILES string of the molecule is C=CCc1c(OC)ccc2cccc(CCNC(=O)CCC)c12. The molecular weight excluding hydrogens is 286 g/mol. The van der Waals surface area contributed by atoms with E-state index in [1.165, 1.54) is 16.3 Å². The second-order valence-electron chi connectivity index (χ2n) is 5.60. The topological polar surface area (TPSA) is 38.3 Å². The van der Waals surface area contributed by atoms with Gasteiger partial charge in [-0.1, -0.05) is 37.3 Å². The molecule has 3 heteroatoms. The zero-order valence-electron chi connectivity index (χ0n) is 14.0. The fourth-order valence-corrected chi connectivity index (χ4v) is 2.91. The van der Waals surface area contributed by atoms with Gasteiger partial charge in [-0.25, -0.2) is 0 Å². The third kappa shape index (κ3) is 4.13. The summed E-state index contributed by atoms with van der Waals surface area (Å²) in [4.78, 5) is 11.6. The normalized spacial score (nSPS) is 10.5. The van der Waals surface area contributed by atoms with Crippen LogP contribution in [0.3, 0.4) is 0 Å². The number of carbonyl (C=O) groups is 1. The maximum atomic E-state index is 11.6. The van der Waals surface area contributed by atoms with E-state index in [9.17, 15) is 4.79 Å². The Hall–Kier alpha value is -2.29. The molecule has 0 aromatic heterocycles. The van der Waals surface area contributed by atoms with E-state index >= 15 is 0 Å². The molecule has 0 fully saturated rings. The third-order valence-corrected chi connectivity index (χ3v) is 3.96. The van der Waals surface area contributed by atoms with Crippen molar-refractivity contribution < 1.29 is 9.53 Å². The van der Waals surface area contributed by atoms with Gasteiger partial charge in [0.15, 0.2) is 0 Å². The zero-order chi connectivity index (χ0) is 16.7. The predicted molar refractivity (Wildman–Crippen MR) is 96.0 cm³/mol. The Labute approximate surface area is 138 Å². The van der Waals surface area contributed by atoms with Crippen molar-refractivity contribution in [3.05, 3.63) is 54.1 Å². The van der Waals surface area contributed by atoms with Crippen LogP contribution in [0.25, 0.3) is 10.8 Å². The Balaban J connectivity index is 2.31. The van der Waals surface area contributed by atoms with Gasteiger partial charge in [-0.15, -0.1) is 6.58 Å². The summed E-state index contributed by atoms with van der Waals surface area (Å²) >= 11 is 0. The van der Waals surface area contributed by atoms with Gasteiger partial charge >= 0.3 is 0 Å². The van der Waals surface area contributed by atoms with E-state index in [0.29, 0.717) is 13.0 Å². The molecule has 0 unspecified atom stereocenters. The van der Waals surface area contributed by atoms with E-state index in [0.717, 1.165) is 30.6 Å². The van der Waals surface area contributed by atoms with Crippen molar-refractivity contribution in [2.75, 3.05) is 13.7 Å². The molecule has 2 aromatic carbocycles. The molecule has 0 radical (unpaired) electrons. The highest BCUT2D eigenvalue weighted by Crippen LogP contribution is 2.31. The van der Waals surface area contributed by atoms with Crippen LogP contribution in [0.5, 0.6) is 5.75 Å². The second-order valence-corrected chi connectivity index (χ2v) is 5.60. The minimum Gasteiger partial charge on any atom is -0.496 e. The molecule has 122 valence electrons. The summed E-state index contributed by atoms with van der Waals surface area (Å²) < 4.78 is 5.52. The lowest BCUT2D eigenvalue weighted by Gasteiger charge is -2.15. The number of allylic oxidation sites excluding steroid dienone is 1. The highest BCUT2D eigenvalue weighted by atomic mass is 16.5. The molecule has 0 atom stereocenters. The quantitative estimate of drug-likeness (QED) is 0.747. The number of methoxy groups -OCH3 is 1. The highest BCUT2D eigenvalue weighted by Gasteiger charge is 2.11. The highest BCUT2D eigenvalue weighted by molar-refractivity contribution is 5.91. The van der Waals surface area contributed by atoms with Crippen LogP contribution in [-0.2, 0) is 17.6 Å². The Kier molecular flexibility index (Phi) is 6.21. The Morgan fingerprint density at radius 1 is 1.30 bits per heavy atom. The Bertz CT molecular complexity index is 691. The van der Waals surface area contributed by atoms with Gasteiger partial charge in [-0.05, 0) is 41.7 Å². The molecule has 0 aliphatic heterocycles. The largest absolute Gasteiger partial charge is 0.496 e. The molecule has 0 saturated heterocycles. The first-order chi connectivity index (χ1) is 11.2. The van der Waals surface area contributed by atoms with Crippen molar-refractivity contribution in [2.24, 2.45) is 0 Å². The Morgan fingerprint density at radius 3 is 2.83 bits per heavy atom. The summed E-state index contributed by atoms with van der Waals surface area (Å²) in [7, 11) is 1.70. The first-order valence-electron chi connectivity index (χ1n) is 8.16. The lowest BCUT2D eigenvalue weighted by Crippen LogP contribution is -2.25. The van der Waals surface area contributed by atoms with Gasteiger partial charge in [0.05, 0.1) is 7.11 Å². The monoisotopic (exact) mass is 311 g/mol. The zero-order valence-corrected chi connectivity index (χ0v) is 14.0. The van der Waals surface area contributed by atoms with Crippen LogP contribution in [0.1, 0.15) is 30.9 Å². The van der Waals surface area contributed by atoms with Crippen molar-refractivity contribution >= 4 is 16.7 Å². The van der Waals surface area contributed by atoms with Crippen molar-refractivity contribution in [3.63, 3.8) is 0 Å². The Morgan fingerprint density at radius 2 is 2.13 bits per heavy atom. The number of rotatable bonds is 8. The third-order valence-electron chi connectivity index (χ3n) is 3.96. The number of hydrogen-bond donors (Lipinski definition) is 1. The minimum absolute atomic E-state index is 0.122. The van der Waals surface area contributed by atoms with Gasteiger partial charge in [0.1, 0.15) is 5.75 Å². The number of amides is 1. The summed E-state index contributed by atoms with van der Waals surface area (Å²) in [5.74, 6) is 1.01. The average Bonchev–Trinajstić information content (AvgIpc) is 2.55. The molecule has 1 amide bonds. The van der Waals surface area contributed by atoms with Crippen LogP contribution in [0.4, 0.5) is 0 Å². The molecular formula is C20H25NO2. The van der Waals surface area contributed by atoms with E-state index in [-0.39, 0.29) is 5.91 Å². The second kappa shape index (κ2) is 8.37. The van der Waals surface area contributed by atoms with E-state index in [1.807, 2.05) is 19.1 Å². The van der Waals surface area contributed by atoms with Crippen molar-refractivity contribution in [2.45, 2.75) is 32.6 Å². The van der Waals surface area contributed by atoms with Gasteiger partial charge in [0, 0.05) is 18.5 Å². The van der Waals surface area contributed by atoms with Crippen LogP contribution in [0.15, 0.2) is 43.0 Å². The van der Waals surface area contributed by atoms with E-state index in [2.05, 4.69) is 36.2 Å². The summed E-state index contributed by atoms with van der Waals surface area (Å²) in [6, 6.07) is 10.4. The van der Waals surface area contributed by atoms with Crippen LogP contribution in [-0.4, -0.2) is 19.6 Å². The first kappa shape index (κ1) is 17.1. The number of ether oxygens (including phenoxy) is 1. The lowest BCUT2D eigenvalue weighted by atomic mass is 9.95. The maximum absolute atomic E-state index is 11.6. The van der Waals surface area contributed by atoms with Crippen LogP contribution in [0.2, 0.25) is 0 Å². The molecule has 0 heterocycles. The van der Waals surface area contributed by atoms with Gasteiger partial charge in [0.2, 0.25) is 5.91 Å². The summed E-state index contributed by atoms with van der Waals surface area (Å²) in [6.45, 7) is 6.53. The summed E-state index contributed by atoms with van der Waals surface area (Å²) in [6.07, 6.45) is 4.94. The van der Waals surface area contributed by atoms with E-state index in [4.69, 9.17) is 4.74 Å². The molecule has 1 N–H and O–H groups in total. The van der Waals surface area contributed by atoms with Crippen molar-refractivity contribution in [1.82, 2.24) is 5.32 Å². The smallest absolute Gasteiger partial charge is 0.219 e. The fourth-order valence-electron chi connectivity index (χ4n) is 2.91. The molecule has 0 bridgehead atoms. The minimum atomic E-state index is 0.122. The fraction of sp³-hybridized carbons (Fsp3) is 0.350. The summed E-state index contributed by atoms with van der Waals surface area (Å²) in [5.41, 5.74) is 2.39. The van der Waals surface area contributed by atoms with E-state index in [1.54, 1.807) is 7.11 Å². The number of hydrogen-bond acceptors (Lipinski definition) is 2. The molecule has 0 saturated carbocycles. The molecule has 0 aliphatic rings. The van der Waals surface area contributed by atoms with Gasteiger partial charge in [0.25, 0.3) is 0 Å². The molecule has 2 aromatic rings. The molecule has 23 heavy (non-hydrogen) atoms. The van der Waals surface area contributed by atoms with Crippen LogP contribution >= 0.6 is 0 Å². The number of benzene rings is 2. The van der Waals surface area contributed by atoms with Crippen molar-refractivity contribution in [3.8, 4) is 5.75 Å². The van der Waals surface area contributed by atoms with E-state index < -0.39 is 0 Å². The van der Waals surface area contributed by atoms with Crippen LogP contribution in [0, 0.1) is 0 Å². The molecule has 2 rings (SSSR count). The van der Waals surface area contributed by atoms with Crippen LogP contribution < -0.4 is 10.1 Å². The van der Waals surface area contributed by atoms with Gasteiger partial charge in [-0.3, -0.25) is 4.79 Å². The average molecular weight is 311 g/mol. The number of carbonyl (C=O) groups excluding carboxylic acids is 1. The molecule has 3 nitrogen and oxygen atoms in total. The lowest BCUT2D eigenvalue weighted by molar-refractivity contribution is -0.121. The molecule has 0 spiro atoms. The summed E-state index contributed by atoms with van der Waals surface area (Å²) in [5, 5.41) is 5.40. The molecule has 0 aliphatic carbocycles. The standard InChI is InChI=1S/C20H25NO2/c1-4-7-17-18(23-3)12-11-15-9-6-10-16(20(15)17)13-14-21-19(22)8-5-2/h4,6,9-12H,1,5,7-8,13-14H2,2-3H3,(H,21,22). The number of nitrogens with one attached hydrogen (secondary N) is 1.